The van der Waals surface area contributed by atoms with Gasteiger partial charge in [-0.1, -0.05) is 12.1 Å². The highest BCUT2D eigenvalue weighted by atomic mass is 16.2. The van der Waals surface area contributed by atoms with E-state index in [0.29, 0.717) is 0 Å². The van der Waals surface area contributed by atoms with Crippen LogP contribution < -0.4 is 5.69 Å². The number of nitrogens with zero attached hydrogens (tertiary/aromatic N) is 3. The summed E-state index contributed by atoms with van der Waals surface area (Å²) in [4.78, 5) is 26.5. The van der Waals surface area contributed by atoms with E-state index < -0.39 is 0 Å². The fourth-order valence-electron chi connectivity index (χ4n) is 2.89. The molecule has 2 aromatic rings. The lowest BCUT2D eigenvalue weighted by Crippen LogP contribution is -2.39. The van der Waals surface area contributed by atoms with Crippen molar-refractivity contribution in [1.29, 1.82) is 0 Å². The molecule has 0 saturated carbocycles. The van der Waals surface area contributed by atoms with Crippen LogP contribution in [0.5, 0.6) is 0 Å². The number of aromatic nitrogens is 2. The highest BCUT2D eigenvalue weighted by Crippen LogP contribution is 2.13. The third kappa shape index (κ3) is 2.13. The van der Waals surface area contributed by atoms with Gasteiger partial charge in [-0.15, -0.1) is 0 Å². The molecule has 0 N–H and O–H groups in total. The van der Waals surface area contributed by atoms with Crippen LogP contribution in [0.3, 0.4) is 0 Å². The van der Waals surface area contributed by atoms with Gasteiger partial charge in [0.2, 0.25) is 5.91 Å². The Balaban J connectivity index is 1.92. The van der Waals surface area contributed by atoms with Crippen molar-refractivity contribution in [3.8, 4) is 0 Å². The van der Waals surface area contributed by atoms with Gasteiger partial charge in [0, 0.05) is 20.1 Å². The summed E-state index contributed by atoms with van der Waals surface area (Å²) in [7, 11) is 1.74. The first-order valence-corrected chi connectivity index (χ1v) is 7.10. The molecule has 0 bridgehead atoms. The van der Waals surface area contributed by atoms with Crippen LogP contribution in [-0.2, 0) is 18.4 Å². The maximum absolute atomic E-state index is 12.3. The average molecular weight is 273 g/mol. The molecule has 5 nitrogen and oxygen atoms in total. The number of carbonyl (C=O) groups is 1. The van der Waals surface area contributed by atoms with Crippen molar-refractivity contribution in [3.63, 3.8) is 0 Å². The van der Waals surface area contributed by atoms with Crippen LogP contribution in [0.2, 0.25) is 0 Å². The van der Waals surface area contributed by atoms with Crippen LogP contribution in [0.4, 0.5) is 0 Å². The smallest absolute Gasteiger partial charge is 0.329 e. The molecule has 3 rings (SSSR count). The van der Waals surface area contributed by atoms with Gasteiger partial charge in [0.15, 0.2) is 0 Å². The minimum Gasteiger partial charge on any atom is -0.341 e. The molecule has 2 heterocycles. The first-order chi connectivity index (χ1) is 9.68. The van der Waals surface area contributed by atoms with Crippen LogP contribution in [0.25, 0.3) is 11.0 Å². The van der Waals surface area contributed by atoms with E-state index in [1.54, 1.807) is 16.2 Å². The van der Waals surface area contributed by atoms with Gasteiger partial charge >= 0.3 is 5.69 Å². The minimum absolute atomic E-state index is 0.0446. The number of piperidine rings is 1. The number of imidazole rings is 1. The lowest BCUT2D eigenvalue weighted by molar-refractivity contribution is -0.132. The molecule has 0 atom stereocenters. The van der Waals surface area contributed by atoms with E-state index in [2.05, 4.69) is 0 Å². The largest absolute Gasteiger partial charge is 0.341 e. The summed E-state index contributed by atoms with van der Waals surface area (Å²) in [5.74, 6) is 0.0446. The number of hydrogen-bond donors (Lipinski definition) is 0. The normalized spacial score (nSPS) is 15.8. The van der Waals surface area contributed by atoms with E-state index in [4.69, 9.17) is 0 Å². The summed E-state index contributed by atoms with van der Waals surface area (Å²) in [5.41, 5.74) is 1.56. The van der Waals surface area contributed by atoms with Gasteiger partial charge < -0.3 is 4.90 Å². The molecular weight excluding hydrogens is 254 g/mol. The molecule has 1 fully saturated rings. The van der Waals surface area contributed by atoms with Crippen LogP contribution >= 0.6 is 0 Å². The molecule has 0 radical (unpaired) electrons. The molecule has 1 aromatic carbocycles. The van der Waals surface area contributed by atoms with E-state index in [0.717, 1.165) is 37.0 Å². The Bertz CT molecular complexity index is 693. The molecule has 1 saturated heterocycles. The van der Waals surface area contributed by atoms with Gasteiger partial charge in [-0.3, -0.25) is 13.9 Å². The number of para-hydroxylation sites is 2. The standard InChI is InChI=1S/C15H19N3O2/c1-16-12-7-3-4-8-13(12)18(15(16)20)11-14(19)17-9-5-2-6-10-17/h3-4,7-8H,2,5-6,9-11H2,1H3. The summed E-state index contributed by atoms with van der Waals surface area (Å²) in [6, 6.07) is 7.58. The third-order valence-corrected chi connectivity index (χ3v) is 4.05. The molecule has 0 spiro atoms. The maximum Gasteiger partial charge on any atom is 0.329 e. The SMILES string of the molecule is Cn1c(=O)n(CC(=O)N2CCCCC2)c2ccccc21. The molecule has 20 heavy (non-hydrogen) atoms. The van der Waals surface area contributed by atoms with Crippen molar-refractivity contribution in [1.82, 2.24) is 14.0 Å². The van der Waals surface area contributed by atoms with E-state index in [1.165, 1.54) is 6.42 Å². The Morgan fingerprint density at radius 2 is 1.75 bits per heavy atom. The summed E-state index contributed by atoms with van der Waals surface area (Å²) >= 11 is 0. The number of aryl methyl sites for hydroxylation is 1. The Morgan fingerprint density at radius 3 is 2.45 bits per heavy atom. The van der Waals surface area contributed by atoms with Crippen LogP contribution in [-0.4, -0.2) is 33.0 Å². The second-order valence-electron chi connectivity index (χ2n) is 5.36. The summed E-state index contributed by atoms with van der Waals surface area (Å²) in [5, 5.41) is 0. The van der Waals surface area contributed by atoms with Gasteiger partial charge in [0.1, 0.15) is 6.54 Å². The van der Waals surface area contributed by atoms with Crippen molar-refractivity contribution in [2.24, 2.45) is 7.05 Å². The minimum atomic E-state index is -0.128. The number of amides is 1. The monoisotopic (exact) mass is 273 g/mol. The van der Waals surface area contributed by atoms with Crippen molar-refractivity contribution in [3.05, 3.63) is 34.7 Å². The fourth-order valence-corrected chi connectivity index (χ4v) is 2.89. The number of hydrogen-bond acceptors (Lipinski definition) is 2. The molecule has 0 unspecified atom stereocenters. The van der Waals surface area contributed by atoms with Crippen LogP contribution in [0.15, 0.2) is 29.1 Å². The van der Waals surface area contributed by atoms with E-state index in [9.17, 15) is 9.59 Å². The molecule has 1 aliphatic heterocycles. The average Bonchev–Trinajstić information content (AvgIpc) is 2.74. The van der Waals surface area contributed by atoms with E-state index >= 15 is 0 Å². The van der Waals surface area contributed by atoms with Gasteiger partial charge in [-0.25, -0.2) is 4.79 Å². The van der Waals surface area contributed by atoms with Crippen molar-refractivity contribution in [2.45, 2.75) is 25.8 Å². The second kappa shape index (κ2) is 5.15. The van der Waals surface area contributed by atoms with Gasteiger partial charge in [-0.05, 0) is 31.4 Å². The van der Waals surface area contributed by atoms with E-state index in [-0.39, 0.29) is 18.1 Å². The zero-order chi connectivity index (χ0) is 14.1. The lowest BCUT2D eigenvalue weighted by atomic mass is 10.1. The number of likely N-dealkylation sites (tertiary alicyclic amines) is 1. The topological polar surface area (TPSA) is 47.2 Å². The second-order valence-corrected chi connectivity index (χ2v) is 5.36. The van der Waals surface area contributed by atoms with Crippen molar-refractivity contribution >= 4 is 16.9 Å². The molecule has 1 aliphatic rings. The third-order valence-electron chi connectivity index (χ3n) is 4.05. The Labute approximate surface area is 117 Å². The molecule has 106 valence electrons. The predicted octanol–water partition coefficient (Wildman–Crippen LogP) is 1.35. The molecule has 1 aromatic heterocycles. The fraction of sp³-hybridized carbons (Fsp3) is 0.467. The quantitative estimate of drug-likeness (QED) is 0.829. The highest BCUT2D eigenvalue weighted by Gasteiger charge is 2.19. The first kappa shape index (κ1) is 13.0. The Morgan fingerprint density at radius 1 is 1.10 bits per heavy atom. The zero-order valence-corrected chi connectivity index (χ0v) is 11.7. The zero-order valence-electron chi connectivity index (χ0n) is 11.7. The number of benzene rings is 1. The predicted molar refractivity (Wildman–Crippen MR) is 77.6 cm³/mol. The summed E-state index contributed by atoms with van der Waals surface area (Å²) in [6.07, 6.45) is 3.32. The number of rotatable bonds is 2. The van der Waals surface area contributed by atoms with Crippen molar-refractivity contribution < 1.29 is 4.79 Å². The van der Waals surface area contributed by atoms with Gasteiger partial charge in [0.05, 0.1) is 11.0 Å². The highest BCUT2D eigenvalue weighted by molar-refractivity contribution is 5.81. The van der Waals surface area contributed by atoms with Gasteiger partial charge in [0.25, 0.3) is 0 Å². The first-order valence-electron chi connectivity index (χ1n) is 7.10. The molecule has 1 amide bonds. The molecule has 5 heteroatoms. The lowest BCUT2D eigenvalue weighted by Gasteiger charge is -2.26. The molecular formula is C15H19N3O2. The maximum atomic E-state index is 12.3. The Hall–Kier alpha value is -2.04. The van der Waals surface area contributed by atoms with E-state index in [1.807, 2.05) is 29.2 Å². The van der Waals surface area contributed by atoms with Gasteiger partial charge in [-0.2, -0.15) is 0 Å². The van der Waals surface area contributed by atoms with Crippen LogP contribution in [0.1, 0.15) is 19.3 Å². The summed E-state index contributed by atoms with van der Waals surface area (Å²) < 4.78 is 3.17. The van der Waals surface area contributed by atoms with Crippen molar-refractivity contribution in [2.75, 3.05) is 13.1 Å². The Kier molecular flexibility index (Phi) is 3.34. The number of carbonyl (C=O) groups excluding carboxylic acids is 1. The number of fused-ring (bicyclic) bond motifs is 1. The van der Waals surface area contributed by atoms with Crippen LogP contribution in [0, 0.1) is 0 Å². The molecule has 0 aliphatic carbocycles. The summed E-state index contributed by atoms with van der Waals surface area (Å²) in [6.45, 7) is 1.77.